The van der Waals surface area contributed by atoms with Gasteiger partial charge in [-0.05, 0) is 31.9 Å². The minimum absolute atomic E-state index is 0.245. The van der Waals surface area contributed by atoms with E-state index in [9.17, 15) is 0 Å². The summed E-state index contributed by atoms with van der Waals surface area (Å²) in [5, 5.41) is 6.89. The Labute approximate surface area is 138 Å². The van der Waals surface area contributed by atoms with E-state index in [-0.39, 0.29) is 6.10 Å². The van der Waals surface area contributed by atoms with Crippen LogP contribution in [-0.2, 0) is 13.0 Å². The number of benzene rings is 1. The number of rotatable bonds is 4. The third-order valence-corrected chi connectivity index (χ3v) is 4.66. The van der Waals surface area contributed by atoms with E-state index >= 15 is 0 Å². The van der Waals surface area contributed by atoms with Crippen LogP contribution in [0.1, 0.15) is 43.7 Å². The van der Waals surface area contributed by atoms with Crippen LogP contribution in [0.4, 0.5) is 0 Å². The Morgan fingerprint density at radius 3 is 2.83 bits per heavy atom. The SMILES string of the molecule is CN=C(NCc1cc2c(cc1OC)CC(C)O2)NC1CCCC1. The highest BCUT2D eigenvalue weighted by molar-refractivity contribution is 5.80. The van der Waals surface area contributed by atoms with Gasteiger partial charge < -0.3 is 20.1 Å². The molecule has 0 spiro atoms. The molecular formula is C18H27N3O2. The molecule has 1 unspecified atom stereocenters. The normalized spacial score (nSPS) is 21.0. The third-order valence-electron chi connectivity index (χ3n) is 4.66. The molecule has 1 atom stereocenters. The molecule has 0 saturated heterocycles. The quantitative estimate of drug-likeness (QED) is 0.662. The van der Waals surface area contributed by atoms with Gasteiger partial charge >= 0.3 is 0 Å². The van der Waals surface area contributed by atoms with Crippen LogP contribution in [0.3, 0.4) is 0 Å². The molecule has 3 rings (SSSR count). The predicted molar refractivity (Wildman–Crippen MR) is 92.4 cm³/mol. The van der Waals surface area contributed by atoms with Crippen LogP contribution in [0.15, 0.2) is 17.1 Å². The molecule has 5 heteroatoms. The number of nitrogens with one attached hydrogen (secondary N) is 2. The molecule has 1 heterocycles. The number of guanidine groups is 1. The Morgan fingerprint density at radius 1 is 1.35 bits per heavy atom. The zero-order valence-electron chi connectivity index (χ0n) is 14.3. The minimum atomic E-state index is 0.245. The monoisotopic (exact) mass is 317 g/mol. The Bertz CT molecular complexity index is 580. The fourth-order valence-electron chi connectivity index (χ4n) is 3.45. The lowest BCUT2D eigenvalue weighted by Crippen LogP contribution is -2.41. The maximum Gasteiger partial charge on any atom is 0.191 e. The molecule has 2 aliphatic rings. The summed E-state index contributed by atoms with van der Waals surface area (Å²) in [6.45, 7) is 2.76. The average molecular weight is 317 g/mol. The van der Waals surface area contributed by atoms with Crippen LogP contribution >= 0.6 is 0 Å². The summed E-state index contributed by atoms with van der Waals surface area (Å²) in [5.41, 5.74) is 2.32. The predicted octanol–water partition coefficient (Wildman–Crippen LogP) is 2.63. The number of methoxy groups -OCH3 is 1. The van der Waals surface area contributed by atoms with Crippen molar-refractivity contribution in [2.24, 2.45) is 4.99 Å². The second-order valence-corrected chi connectivity index (χ2v) is 6.46. The minimum Gasteiger partial charge on any atom is -0.496 e. The summed E-state index contributed by atoms with van der Waals surface area (Å²) in [7, 11) is 3.53. The number of hydrogen-bond acceptors (Lipinski definition) is 3. The molecule has 23 heavy (non-hydrogen) atoms. The Balaban J connectivity index is 1.66. The van der Waals surface area contributed by atoms with Crippen LogP contribution in [0.2, 0.25) is 0 Å². The van der Waals surface area contributed by atoms with E-state index in [0.29, 0.717) is 12.6 Å². The maximum atomic E-state index is 5.86. The van der Waals surface area contributed by atoms with Crippen molar-refractivity contribution in [1.82, 2.24) is 10.6 Å². The molecule has 0 radical (unpaired) electrons. The lowest BCUT2D eigenvalue weighted by Gasteiger charge is -2.18. The van der Waals surface area contributed by atoms with E-state index in [4.69, 9.17) is 9.47 Å². The third kappa shape index (κ3) is 3.71. The molecule has 126 valence electrons. The van der Waals surface area contributed by atoms with Gasteiger partial charge in [-0.3, -0.25) is 4.99 Å². The number of hydrogen-bond donors (Lipinski definition) is 2. The highest BCUT2D eigenvalue weighted by atomic mass is 16.5. The van der Waals surface area contributed by atoms with Crippen molar-refractivity contribution in [2.75, 3.05) is 14.2 Å². The summed E-state index contributed by atoms with van der Waals surface area (Å²) < 4.78 is 11.4. The average Bonchev–Trinajstić information content (AvgIpc) is 3.18. The lowest BCUT2D eigenvalue weighted by molar-refractivity contribution is 0.254. The van der Waals surface area contributed by atoms with Crippen LogP contribution in [0.5, 0.6) is 11.5 Å². The molecule has 0 aromatic heterocycles. The molecule has 1 saturated carbocycles. The molecular weight excluding hydrogens is 290 g/mol. The summed E-state index contributed by atoms with van der Waals surface area (Å²) in [6.07, 6.45) is 6.27. The molecule has 1 aromatic rings. The first-order valence-corrected chi connectivity index (χ1v) is 8.53. The molecule has 0 bridgehead atoms. The van der Waals surface area contributed by atoms with Crippen LogP contribution < -0.4 is 20.1 Å². The standard InChI is InChI=1S/C18H27N3O2/c1-12-8-13-9-16(22-3)14(10-17(13)23-12)11-20-18(19-2)21-15-6-4-5-7-15/h9-10,12,15H,4-8,11H2,1-3H3,(H2,19,20,21). The lowest BCUT2D eigenvalue weighted by atomic mass is 10.1. The largest absolute Gasteiger partial charge is 0.496 e. The Morgan fingerprint density at radius 2 is 2.13 bits per heavy atom. The van der Waals surface area contributed by atoms with Gasteiger partial charge in [-0.25, -0.2) is 0 Å². The van der Waals surface area contributed by atoms with Gasteiger partial charge in [-0.1, -0.05) is 12.8 Å². The molecule has 1 fully saturated rings. The Kier molecular flexibility index (Phi) is 4.94. The van der Waals surface area contributed by atoms with E-state index in [1.807, 2.05) is 7.05 Å². The van der Waals surface area contributed by atoms with Crippen LogP contribution in [0.25, 0.3) is 0 Å². The number of fused-ring (bicyclic) bond motifs is 1. The van der Waals surface area contributed by atoms with Gasteiger partial charge in [0.2, 0.25) is 0 Å². The maximum absolute atomic E-state index is 5.86. The zero-order valence-corrected chi connectivity index (χ0v) is 14.3. The van der Waals surface area contributed by atoms with Gasteiger partial charge in [0.25, 0.3) is 0 Å². The van der Waals surface area contributed by atoms with Crippen LogP contribution in [-0.4, -0.2) is 32.3 Å². The molecule has 1 aliphatic carbocycles. The van der Waals surface area contributed by atoms with Crippen molar-refractivity contribution in [3.63, 3.8) is 0 Å². The summed E-state index contributed by atoms with van der Waals surface area (Å²) in [6, 6.07) is 4.74. The number of ether oxygens (including phenoxy) is 2. The van der Waals surface area contributed by atoms with Gasteiger partial charge in [0.05, 0.1) is 7.11 Å². The molecule has 2 N–H and O–H groups in total. The highest BCUT2D eigenvalue weighted by Crippen LogP contribution is 2.34. The van der Waals surface area contributed by atoms with Gasteiger partial charge in [-0.2, -0.15) is 0 Å². The van der Waals surface area contributed by atoms with Gasteiger partial charge in [-0.15, -0.1) is 0 Å². The van der Waals surface area contributed by atoms with Crippen molar-refractivity contribution >= 4 is 5.96 Å². The number of nitrogens with zero attached hydrogens (tertiary/aromatic N) is 1. The first-order valence-electron chi connectivity index (χ1n) is 8.53. The fourth-order valence-corrected chi connectivity index (χ4v) is 3.45. The van der Waals surface area contributed by atoms with E-state index in [2.05, 4.69) is 34.7 Å². The van der Waals surface area contributed by atoms with E-state index in [0.717, 1.165) is 29.4 Å². The molecule has 0 amide bonds. The number of aliphatic imine (C=N–C) groups is 1. The van der Waals surface area contributed by atoms with E-state index < -0.39 is 0 Å². The van der Waals surface area contributed by atoms with Crippen LogP contribution in [0, 0.1) is 0 Å². The Hall–Kier alpha value is -1.91. The van der Waals surface area contributed by atoms with Crippen molar-refractivity contribution in [2.45, 2.75) is 57.7 Å². The van der Waals surface area contributed by atoms with Crippen molar-refractivity contribution < 1.29 is 9.47 Å². The summed E-state index contributed by atoms with van der Waals surface area (Å²) in [4.78, 5) is 4.33. The van der Waals surface area contributed by atoms with Crippen molar-refractivity contribution in [3.8, 4) is 11.5 Å². The van der Waals surface area contributed by atoms with Gasteiger partial charge in [0, 0.05) is 37.2 Å². The second-order valence-electron chi connectivity index (χ2n) is 6.46. The second kappa shape index (κ2) is 7.11. The molecule has 5 nitrogen and oxygen atoms in total. The van der Waals surface area contributed by atoms with Gasteiger partial charge in [0.15, 0.2) is 5.96 Å². The van der Waals surface area contributed by atoms with Crippen molar-refractivity contribution in [1.29, 1.82) is 0 Å². The van der Waals surface area contributed by atoms with Crippen molar-refractivity contribution in [3.05, 3.63) is 23.3 Å². The highest BCUT2D eigenvalue weighted by Gasteiger charge is 2.22. The fraction of sp³-hybridized carbons (Fsp3) is 0.611. The topological polar surface area (TPSA) is 54.9 Å². The first kappa shape index (κ1) is 16.0. The summed E-state index contributed by atoms with van der Waals surface area (Å²) in [5.74, 6) is 2.74. The molecule has 1 aromatic carbocycles. The van der Waals surface area contributed by atoms with Gasteiger partial charge in [0.1, 0.15) is 17.6 Å². The first-order chi connectivity index (χ1) is 11.2. The van der Waals surface area contributed by atoms with E-state index in [1.54, 1.807) is 7.11 Å². The molecule has 1 aliphatic heterocycles. The zero-order chi connectivity index (χ0) is 16.2. The van der Waals surface area contributed by atoms with E-state index in [1.165, 1.54) is 31.2 Å². The summed E-state index contributed by atoms with van der Waals surface area (Å²) >= 11 is 0. The smallest absolute Gasteiger partial charge is 0.191 e.